The Morgan fingerprint density at radius 1 is 1.60 bits per heavy atom. The third-order valence-electron chi connectivity index (χ3n) is 2.39. The number of halogens is 2. The van der Waals surface area contributed by atoms with Gasteiger partial charge in [0.2, 0.25) is 0 Å². The molecule has 86 valence electrons. The maximum Gasteiger partial charge on any atom is 0.168 e. The average molecular weight is 267 g/mol. The highest BCUT2D eigenvalue weighted by Gasteiger charge is 2.35. The molecule has 0 spiro atoms. The van der Waals surface area contributed by atoms with Crippen LogP contribution in [0.2, 0.25) is 0 Å². The zero-order valence-corrected chi connectivity index (χ0v) is 11.4. The fourth-order valence-corrected chi connectivity index (χ4v) is 2.98. The van der Waals surface area contributed by atoms with Gasteiger partial charge in [0.25, 0.3) is 0 Å². The van der Waals surface area contributed by atoms with Gasteiger partial charge in [0.1, 0.15) is 0 Å². The minimum Gasteiger partial charge on any atom is -0.322 e. The molecule has 5 heteroatoms. The van der Waals surface area contributed by atoms with Crippen molar-refractivity contribution in [3.05, 3.63) is 11.1 Å². The summed E-state index contributed by atoms with van der Waals surface area (Å²) in [6, 6.07) is 0. The molecular formula is C10H16Cl2N2S. The SMILES string of the molecule is CC1(C)CN2C(CCCCl)=CSC2=N1.Cl. The number of rotatable bonds is 3. The van der Waals surface area contributed by atoms with Gasteiger partial charge in [-0.05, 0) is 32.1 Å². The van der Waals surface area contributed by atoms with E-state index in [2.05, 4.69) is 29.1 Å². The maximum absolute atomic E-state index is 5.70. The molecule has 0 saturated carbocycles. The molecule has 0 aromatic heterocycles. The topological polar surface area (TPSA) is 15.6 Å². The summed E-state index contributed by atoms with van der Waals surface area (Å²) in [4.78, 5) is 6.99. The summed E-state index contributed by atoms with van der Waals surface area (Å²) in [6.45, 7) is 5.37. The lowest BCUT2D eigenvalue weighted by atomic mass is 10.1. The first kappa shape index (κ1) is 13.2. The van der Waals surface area contributed by atoms with Gasteiger partial charge in [0, 0.05) is 18.1 Å². The Balaban J connectivity index is 0.00000112. The molecule has 0 radical (unpaired) electrons. The standard InChI is InChI=1S/C10H15ClN2S.ClH/c1-10(2)7-13-8(4-3-5-11)6-14-9(13)12-10;/h6H,3-5,7H2,1-2H3;1H. The largest absolute Gasteiger partial charge is 0.322 e. The summed E-state index contributed by atoms with van der Waals surface area (Å²) in [6.07, 6.45) is 2.13. The number of fused-ring (bicyclic) bond motifs is 1. The Kier molecular flexibility index (Phi) is 4.38. The monoisotopic (exact) mass is 266 g/mol. The lowest BCUT2D eigenvalue weighted by Crippen LogP contribution is -2.28. The Hall–Kier alpha value is 0.140. The molecule has 0 amide bonds. The minimum atomic E-state index is 0. The maximum atomic E-state index is 5.70. The van der Waals surface area contributed by atoms with E-state index >= 15 is 0 Å². The Morgan fingerprint density at radius 3 is 3.00 bits per heavy atom. The van der Waals surface area contributed by atoms with E-state index in [-0.39, 0.29) is 17.9 Å². The molecule has 2 rings (SSSR count). The van der Waals surface area contributed by atoms with Gasteiger partial charge in [-0.2, -0.15) is 0 Å². The smallest absolute Gasteiger partial charge is 0.168 e. The molecule has 0 saturated heterocycles. The van der Waals surface area contributed by atoms with E-state index in [1.165, 1.54) is 10.9 Å². The van der Waals surface area contributed by atoms with Crippen LogP contribution in [0.1, 0.15) is 26.7 Å². The van der Waals surface area contributed by atoms with Crippen molar-refractivity contribution in [2.45, 2.75) is 32.2 Å². The van der Waals surface area contributed by atoms with E-state index in [9.17, 15) is 0 Å². The predicted molar refractivity (Wildman–Crippen MR) is 71.1 cm³/mol. The van der Waals surface area contributed by atoms with E-state index in [1.807, 2.05) is 0 Å². The first-order chi connectivity index (χ1) is 6.62. The van der Waals surface area contributed by atoms with Crippen LogP contribution in [0.25, 0.3) is 0 Å². The molecule has 0 N–H and O–H groups in total. The lowest BCUT2D eigenvalue weighted by Gasteiger charge is -2.20. The van der Waals surface area contributed by atoms with Gasteiger partial charge in [0.05, 0.1) is 5.54 Å². The zero-order chi connectivity index (χ0) is 10.2. The summed E-state index contributed by atoms with van der Waals surface area (Å²) in [7, 11) is 0. The normalized spacial score (nSPS) is 21.9. The molecule has 2 heterocycles. The van der Waals surface area contributed by atoms with Gasteiger partial charge < -0.3 is 4.90 Å². The zero-order valence-electron chi connectivity index (χ0n) is 8.99. The van der Waals surface area contributed by atoms with Crippen molar-refractivity contribution < 1.29 is 0 Å². The van der Waals surface area contributed by atoms with Crippen LogP contribution in [0.15, 0.2) is 16.1 Å². The van der Waals surface area contributed by atoms with E-state index in [1.54, 1.807) is 11.8 Å². The first-order valence-corrected chi connectivity index (χ1v) is 6.33. The van der Waals surface area contributed by atoms with E-state index in [0.717, 1.165) is 25.3 Å². The molecule has 0 aromatic rings. The quantitative estimate of drug-likeness (QED) is 0.728. The van der Waals surface area contributed by atoms with Crippen molar-refractivity contribution in [3.63, 3.8) is 0 Å². The third kappa shape index (κ3) is 2.83. The van der Waals surface area contributed by atoms with Gasteiger partial charge in [0.15, 0.2) is 5.17 Å². The van der Waals surface area contributed by atoms with Crippen LogP contribution in [0.3, 0.4) is 0 Å². The highest BCUT2D eigenvalue weighted by molar-refractivity contribution is 8.16. The summed E-state index contributed by atoms with van der Waals surface area (Å²) in [5.41, 5.74) is 1.47. The summed E-state index contributed by atoms with van der Waals surface area (Å²) in [5.74, 6) is 0.742. The van der Waals surface area contributed by atoms with Crippen molar-refractivity contribution >= 4 is 40.9 Å². The second kappa shape index (κ2) is 4.98. The van der Waals surface area contributed by atoms with E-state index in [0.29, 0.717) is 0 Å². The summed E-state index contributed by atoms with van der Waals surface area (Å²) >= 11 is 7.44. The number of alkyl halides is 1. The van der Waals surface area contributed by atoms with Crippen LogP contribution in [-0.4, -0.2) is 28.0 Å². The number of nitrogens with zero attached hydrogens (tertiary/aromatic N) is 2. The van der Waals surface area contributed by atoms with Gasteiger partial charge >= 0.3 is 0 Å². The fraction of sp³-hybridized carbons (Fsp3) is 0.700. The number of aliphatic imine (C=N–C) groups is 1. The molecule has 2 nitrogen and oxygen atoms in total. The average Bonchev–Trinajstić information content (AvgIpc) is 2.57. The van der Waals surface area contributed by atoms with Gasteiger partial charge in [-0.1, -0.05) is 11.8 Å². The number of amidine groups is 1. The van der Waals surface area contributed by atoms with Crippen LogP contribution in [0, 0.1) is 0 Å². The number of allylic oxidation sites excluding steroid dienone is 1. The Bertz CT molecular complexity index is 300. The van der Waals surface area contributed by atoms with Crippen molar-refractivity contribution in [2.75, 3.05) is 12.4 Å². The molecule has 15 heavy (non-hydrogen) atoms. The minimum absolute atomic E-state index is 0. The van der Waals surface area contributed by atoms with Crippen LogP contribution in [-0.2, 0) is 0 Å². The molecule has 0 aromatic carbocycles. The molecule has 0 atom stereocenters. The highest BCUT2D eigenvalue weighted by atomic mass is 35.5. The molecule has 0 unspecified atom stereocenters. The van der Waals surface area contributed by atoms with Crippen LogP contribution in [0.4, 0.5) is 0 Å². The van der Waals surface area contributed by atoms with E-state index < -0.39 is 0 Å². The first-order valence-electron chi connectivity index (χ1n) is 4.91. The molecule has 2 aliphatic heterocycles. The van der Waals surface area contributed by atoms with Crippen molar-refractivity contribution in [3.8, 4) is 0 Å². The van der Waals surface area contributed by atoms with Crippen LogP contribution >= 0.6 is 35.8 Å². The number of hydrogen-bond acceptors (Lipinski definition) is 3. The number of hydrogen-bond donors (Lipinski definition) is 0. The lowest BCUT2D eigenvalue weighted by molar-refractivity contribution is 0.424. The van der Waals surface area contributed by atoms with Gasteiger partial charge in [-0.25, -0.2) is 0 Å². The van der Waals surface area contributed by atoms with Crippen LogP contribution < -0.4 is 0 Å². The van der Waals surface area contributed by atoms with Crippen molar-refractivity contribution in [1.82, 2.24) is 4.90 Å². The summed E-state index contributed by atoms with van der Waals surface area (Å²) in [5, 5.41) is 3.38. The second-order valence-electron chi connectivity index (χ2n) is 4.31. The van der Waals surface area contributed by atoms with E-state index in [4.69, 9.17) is 11.6 Å². The molecular weight excluding hydrogens is 251 g/mol. The van der Waals surface area contributed by atoms with Gasteiger partial charge in [-0.15, -0.1) is 24.0 Å². The third-order valence-corrected chi connectivity index (χ3v) is 3.57. The molecule has 0 bridgehead atoms. The fourth-order valence-electron chi connectivity index (χ4n) is 1.75. The van der Waals surface area contributed by atoms with Crippen molar-refractivity contribution in [1.29, 1.82) is 0 Å². The Morgan fingerprint density at radius 2 is 2.33 bits per heavy atom. The molecule has 0 aliphatic carbocycles. The highest BCUT2D eigenvalue weighted by Crippen LogP contribution is 2.36. The Labute approximate surface area is 107 Å². The van der Waals surface area contributed by atoms with Crippen LogP contribution in [0.5, 0.6) is 0 Å². The van der Waals surface area contributed by atoms with Crippen molar-refractivity contribution in [2.24, 2.45) is 4.99 Å². The van der Waals surface area contributed by atoms with Gasteiger partial charge in [-0.3, -0.25) is 4.99 Å². The molecule has 0 fully saturated rings. The summed E-state index contributed by atoms with van der Waals surface area (Å²) < 4.78 is 0. The molecule has 2 aliphatic rings. The predicted octanol–water partition coefficient (Wildman–Crippen LogP) is 3.47. The second-order valence-corrected chi connectivity index (χ2v) is 5.53. The number of thioether (sulfide) groups is 1.